The fraction of sp³-hybridized carbons (Fsp3) is 0.333. The van der Waals surface area contributed by atoms with Gasteiger partial charge in [0, 0.05) is 6.54 Å². The number of sulfonamides is 1. The summed E-state index contributed by atoms with van der Waals surface area (Å²) in [6.45, 7) is -0.869. The molecule has 0 fully saturated rings. The van der Waals surface area contributed by atoms with Gasteiger partial charge in [-0.3, -0.25) is 4.39 Å². The van der Waals surface area contributed by atoms with Gasteiger partial charge in [-0.1, -0.05) is 0 Å². The highest BCUT2D eigenvalue weighted by Crippen LogP contribution is 2.22. The van der Waals surface area contributed by atoms with Crippen LogP contribution in [-0.2, 0) is 10.0 Å². The van der Waals surface area contributed by atoms with Gasteiger partial charge in [0.15, 0.2) is 5.82 Å². The minimum absolute atomic E-state index is 0.0302. The quantitative estimate of drug-likeness (QED) is 0.622. The van der Waals surface area contributed by atoms with E-state index in [1.54, 1.807) is 0 Å². The van der Waals surface area contributed by atoms with Gasteiger partial charge in [0.1, 0.15) is 16.4 Å². The third-order valence-electron chi connectivity index (χ3n) is 1.98. The summed E-state index contributed by atoms with van der Waals surface area (Å²) in [5.41, 5.74) is 4.17. The average Bonchev–Trinajstić information content (AvgIpc) is 2.26. The van der Waals surface area contributed by atoms with E-state index in [4.69, 9.17) is 5.73 Å². The molecule has 0 atom stereocenters. The van der Waals surface area contributed by atoms with Crippen molar-refractivity contribution in [1.29, 1.82) is 0 Å². The van der Waals surface area contributed by atoms with Crippen molar-refractivity contribution in [3.63, 3.8) is 0 Å². The Hall–Kier alpha value is -1.28. The van der Waals surface area contributed by atoms with Crippen molar-refractivity contribution in [3.8, 4) is 0 Å². The highest BCUT2D eigenvalue weighted by Gasteiger charge is 2.21. The standard InChI is InChI=1S/C9H11F3N2O2S/c10-4-1-5-14-17(15,16)7-3-2-6(11)9(13)8(7)12/h2-3,14H,1,4-5,13H2. The Kier molecular flexibility index (Phi) is 4.35. The van der Waals surface area contributed by atoms with Crippen molar-refractivity contribution in [3.05, 3.63) is 23.8 Å². The molecule has 8 heteroatoms. The second-order valence-corrected chi connectivity index (χ2v) is 4.95. The SMILES string of the molecule is Nc1c(F)ccc(S(=O)(=O)NCCCF)c1F. The van der Waals surface area contributed by atoms with E-state index in [0.717, 1.165) is 12.1 Å². The number of halogens is 3. The van der Waals surface area contributed by atoms with Crippen molar-refractivity contribution in [2.24, 2.45) is 0 Å². The predicted octanol–water partition coefficient (Wildman–Crippen LogP) is 1.18. The van der Waals surface area contributed by atoms with Crippen LogP contribution in [0.25, 0.3) is 0 Å². The molecule has 1 aromatic rings. The van der Waals surface area contributed by atoms with Crippen LogP contribution in [0.5, 0.6) is 0 Å². The average molecular weight is 268 g/mol. The number of rotatable bonds is 5. The summed E-state index contributed by atoms with van der Waals surface area (Å²) in [6, 6.07) is 1.51. The Morgan fingerprint density at radius 1 is 1.29 bits per heavy atom. The first-order valence-electron chi connectivity index (χ1n) is 4.69. The highest BCUT2D eigenvalue weighted by atomic mass is 32.2. The lowest BCUT2D eigenvalue weighted by Crippen LogP contribution is -2.26. The van der Waals surface area contributed by atoms with Crippen LogP contribution in [-0.4, -0.2) is 21.6 Å². The summed E-state index contributed by atoms with van der Waals surface area (Å²) in [5, 5.41) is 0. The lowest BCUT2D eigenvalue weighted by atomic mass is 10.3. The fourth-order valence-electron chi connectivity index (χ4n) is 1.11. The molecule has 3 N–H and O–H groups in total. The van der Waals surface area contributed by atoms with E-state index < -0.39 is 38.9 Å². The number of nitrogens with two attached hydrogens (primary N) is 1. The summed E-state index contributed by atoms with van der Waals surface area (Å²) >= 11 is 0. The second-order valence-electron chi connectivity index (χ2n) is 3.21. The third kappa shape index (κ3) is 3.10. The van der Waals surface area contributed by atoms with Gasteiger partial charge in [-0.15, -0.1) is 0 Å². The molecule has 1 aromatic carbocycles. The fourth-order valence-corrected chi connectivity index (χ4v) is 2.27. The Balaban J connectivity index is 3.04. The van der Waals surface area contributed by atoms with E-state index in [0.29, 0.717) is 0 Å². The lowest BCUT2D eigenvalue weighted by Gasteiger charge is -2.08. The summed E-state index contributed by atoms with van der Waals surface area (Å²) in [4.78, 5) is -0.754. The largest absolute Gasteiger partial charge is 0.394 e. The molecule has 0 spiro atoms. The molecule has 0 heterocycles. The molecule has 0 aliphatic rings. The molecular formula is C9H11F3N2O2S. The van der Waals surface area contributed by atoms with E-state index in [2.05, 4.69) is 0 Å². The molecule has 0 aliphatic heterocycles. The van der Waals surface area contributed by atoms with Gasteiger partial charge in [0.05, 0.1) is 6.67 Å². The summed E-state index contributed by atoms with van der Waals surface area (Å²) in [7, 11) is -4.14. The smallest absolute Gasteiger partial charge is 0.243 e. The van der Waals surface area contributed by atoms with Crippen molar-refractivity contribution in [2.45, 2.75) is 11.3 Å². The molecule has 0 unspecified atom stereocenters. The van der Waals surface area contributed by atoms with Crippen LogP contribution in [0.15, 0.2) is 17.0 Å². The maximum Gasteiger partial charge on any atom is 0.243 e. The zero-order valence-corrected chi connectivity index (χ0v) is 9.53. The van der Waals surface area contributed by atoms with Gasteiger partial charge < -0.3 is 5.73 Å². The number of nitrogens with one attached hydrogen (secondary N) is 1. The Morgan fingerprint density at radius 3 is 2.53 bits per heavy atom. The minimum Gasteiger partial charge on any atom is -0.394 e. The van der Waals surface area contributed by atoms with E-state index in [-0.39, 0.29) is 13.0 Å². The molecule has 96 valence electrons. The van der Waals surface area contributed by atoms with Crippen LogP contribution in [0.2, 0.25) is 0 Å². The van der Waals surface area contributed by atoms with Crippen LogP contribution in [0.3, 0.4) is 0 Å². The molecule has 4 nitrogen and oxygen atoms in total. The summed E-state index contributed by atoms with van der Waals surface area (Å²) in [6.07, 6.45) is -0.0302. The van der Waals surface area contributed by atoms with Crippen LogP contribution >= 0.6 is 0 Å². The number of anilines is 1. The Bertz CT molecular complexity index is 505. The zero-order chi connectivity index (χ0) is 13.1. The highest BCUT2D eigenvalue weighted by molar-refractivity contribution is 7.89. The van der Waals surface area contributed by atoms with Gasteiger partial charge in [-0.2, -0.15) is 0 Å². The molecular weight excluding hydrogens is 257 g/mol. The second kappa shape index (κ2) is 5.37. The van der Waals surface area contributed by atoms with E-state index in [9.17, 15) is 21.6 Å². The number of hydrogen-bond donors (Lipinski definition) is 2. The first-order valence-corrected chi connectivity index (χ1v) is 6.17. The van der Waals surface area contributed by atoms with Crippen LogP contribution < -0.4 is 10.5 Å². The third-order valence-corrected chi connectivity index (χ3v) is 3.46. The molecule has 0 amide bonds. The Labute approximate surface area is 96.7 Å². The van der Waals surface area contributed by atoms with Crippen molar-refractivity contribution in [1.82, 2.24) is 4.72 Å². The van der Waals surface area contributed by atoms with E-state index in [1.165, 1.54) is 0 Å². The molecule has 17 heavy (non-hydrogen) atoms. The number of alkyl halides is 1. The minimum atomic E-state index is -4.14. The number of benzene rings is 1. The first kappa shape index (κ1) is 13.8. The van der Waals surface area contributed by atoms with Crippen molar-refractivity contribution >= 4 is 15.7 Å². The molecule has 1 rings (SSSR count). The monoisotopic (exact) mass is 268 g/mol. The van der Waals surface area contributed by atoms with E-state index >= 15 is 0 Å². The van der Waals surface area contributed by atoms with Crippen LogP contribution in [0, 0.1) is 11.6 Å². The van der Waals surface area contributed by atoms with Crippen LogP contribution in [0.1, 0.15) is 6.42 Å². The number of hydrogen-bond acceptors (Lipinski definition) is 3. The van der Waals surface area contributed by atoms with Gasteiger partial charge in [0.2, 0.25) is 10.0 Å². The molecule has 0 radical (unpaired) electrons. The van der Waals surface area contributed by atoms with Gasteiger partial charge in [-0.05, 0) is 18.6 Å². The first-order chi connectivity index (χ1) is 7.90. The normalized spacial score (nSPS) is 11.7. The van der Waals surface area contributed by atoms with Gasteiger partial charge in [-0.25, -0.2) is 21.9 Å². The van der Waals surface area contributed by atoms with Gasteiger partial charge >= 0.3 is 0 Å². The van der Waals surface area contributed by atoms with Crippen molar-refractivity contribution < 1.29 is 21.6 Å². The number of nitrogen functional groups attached to an aromatic ring is 1. The summed E-state index contributed by atoms with van der Waals surface area (Å²) < 4.78 is 63.1. The van der Waals surface area contributed by atoms with E-state index in [1.807, 2.05) is 4.72 Å². The topological polar surface area (TPSA) is 72.2 Å². The lowest BCUT2D eigenvalue weighted by molar-refractivity contribution is 0.469. The molecule has 0 aliphatic carbocycles. The molecule has 0 bridgehead atoms. The maximum atomic E-state index is 13.4. The predicted molar refractivity (Wildman–Crippen MR) is 56.6 cm³/mol. The zero-order valence-electron chi connectivity index (χ0n) is 8.71. The molecule has 0 saturated carbocycles. The molecule has 0 saturated heterocycles. The Morgan fingerprint density at radius 2 is 1.94 bits per heavy atom. The van der Waals surface area contributed by atoms with Crippen LogP contribution in [0.4, 0.5) is 18.9 Å². The van der Waals surface area contributed by atoms with Crippen molar-refractivity contribution in [2.75, 3.05) is 19.0 Å². The molecule has 0 aromatic heterocycles. The summed E-state index contributed by atoms with van der Waals surface area (Å²) in [5.74, 6) is -2.39. The maximum absolute atomic E-state index is 13.4. The van der Waals surface area contributed by atoms with Gasteiger partial charge in [0.25, 0.3) is 0 Å².